The highest BCUT2D eigenvalue weighted by molar-refractivity contribution is 8.00. The molecule has 4 nitrogen and oxygen atoms in total. The predicted octanol–water partition coefficient (Wildman–Crippen LogP) is 24.4. The van der Waals surface area contributed by atoms with E-state index in [1.165, 1.54) is 33.4 Å². The van der Waals surface area contributed by atoms with Crippen LogP contribution in [0.1, 0.15) is 70.5 Å². The number of anilines is 3. The van der Waals surface area contributed by atoms with Crippen LogP contribution in [0.25, 0.3) is 138 Å². The van der Waals surface area contributed by atoms with Gasteiger partial charge >= 0.3 is 0 Å². The van der Waals surface area contributed by atoms with Gasteiger partial charge < -0.3 is 18.6 Å². The summed E-state index contributed by atoms with van der Waals surface area (Å²) in [7, 11) is 0. The van der Waals surface area contributed by atoms with Gasteiger partial charge in [-0.1, -0.05) is 299 Å². The molecule has 2 aliphatic carbocycles. The average molecular weight is 1400 g/mol. The van der Waals surface area contributed by atoms with Crippen LogP contribution in [0, 0.1) is 0 Å². The number of aromatic nitrogens is 3. The third-order valence-electron chi connectivity index (χ3n) is 22.9. The molecule has 5 heterocycles. The van der Waals surface area contributed by atoms with Gasteiger partial charge in [0.1, 0.15) is 0 Å². The largest absolute Gasteiger partial charge is 0.310 e. The minimum absolute atomic E-state index is 0.0744. The van der Waals surface area contributed by atoms with Crippen molar-refractivity contribution in [2.24, 2.45) is 0 Å². The summed E-state index contributed by atoms with van der Waals surface area (Å²) < 4.78 is 159. The van der Waals surface area contributed by atoms with Crippen molar-refractivity contribution in [3.8, 4) is 72.7 Å². The van der Waals surface area contributed by atoms with Crippen LogP contribution in [0.3, 0.4) is 0 Å². The Morgan fingerprint density at radius 3 is 1.41 bits per heavy atom. The van der Waals surface area contributed by atoms with E-state index in [1.807, 2.05) is 84.9 Å². The zero-order valence-corrected chi connectivity index (χ0v) is 58.8. The summed E-state index contributed by atoms with van der Waals surface area (Å²) in [6, 6.07) is 80.6. The minimum atomic E-state index is -0.722. The molecule has 500 valence electrons. The van der Waals surface area contributed by atoms with Crippen LogP contribution >= 0.6 is 11.8 Å². The van der Waals surface area contributed by atoms with E-state index < -0.39 is 114 Å². The van der Waals surface area contributed by atoms with Crippen molar-refractivity contribution < 1.29 is 21.9 Å². The molecule has 0 bridgehead atoms. The minimum Gasteiger partial charge on any atom is -0.310 e. The Labute approximate surface area is 647 Å². The number of nitrogens with zero attached hydrogens (tertiary/aromatic N) is 4. The van der Waals surface area contributed by atoms with Gasteiger partial charge in [-0.25, -0.2) is 0 Å². The molecule has 23 rings (SSSR count). The second kappa shape index (κ2) is 22.6. The van der Waals surface area contributed by atoms with Crippen molar-refractivity contribution in [1.29, 1.82) is 0 Å². The van der Waals surface area contributed by atoms with Crippen LogP contribution < -0.4 is 21.3 Å². The Morgan fingerprint density at radius 1 is 0.346 bits per heavy atom. The highest BCUT2D eigenvalue weighted by atomic mass is 32.2. The van der Waals surface area contributed by atoms with E-state index in [1.54, 1.807) is 20.9 Å². The number of hydrogen-bond acceptors (Lipinski definition) is 2. The van der Waals surface area contributed by atoms with E-state index in [0.29, 0.717) is 22.0 Å². The monoisotopic (exact) mass is 1390 g/mol. The highest BCUT2D eigenvalue weighted by Gasteiger charge is 2.52. The molecular formula is C101H67BN4S. The summed E-state index contributed by atoms with van der Waals surface area (Å²) in [6.45, 7) is 5.79. The molecule has 0 unspecified atom stereocenters. The molecule has 0 fully saturated rings. The summed E-state index contributed by atoms with van der Waals surface area (Å²) in [5.41, 5.74) is 21.9. The van der Waals surface area contributed by atoms with Crippen LogP contribution in [-0.2, 0) is 10.8 Å². The molecule has 0 N–H and O–H groups in total. The molecule has 0 saturated heterocycles. The van der Waals surface area contributed by atoms with Gasteiger partial charge in [0.2, 0.25) is 6.71 Å². The molecule has 16 aromatic carbocycles. The van der Waals surface area contributed by atoms with E-state index in [-0.39, 0.29) is 55.0 Å². The number of hydrogen-bond donors (Lipinski definition) is 0. The van der Waals surface area contributed by atoms with E-state index in [2.05, 4.69) is 200 Å². The van der Waals surface area contributed by atoms with Crippen LogP contribution in [-0.4, -0.2) is 20.4 Å². The quantitative estimate of drug-likeness (QED) is 0.148. The Balaban J connectivity index is 0.887. The van der Waals surface area contributed by atoms with Crippen molar-refractivity contribution in [1.82, 2.24) is 13.7 Å². The topological polar surface area (TPSA) is 18.0 Å². The second-order valence-corrected chi connectivity index (χ2v) is 30.4. The Kier molecular flexibility index (Phi) is 9.87. The summed E-state index contributed by atoms with van der Waals surface area (Å²) >= 11 is 1.55. The fraction of sp³-hybridized carbons (Fsp3) is 0.0495. The fourth-order valence-corrected chi connectivity index (χ4v) is 19.9. The molecule has 1 spiro atoms. The standard InChI is InChI=1S/C101H67BN4S/c1-100(2,3)65-57-77(62-28-7-4-8-29-62)98(78(58-65)63-30-9-5-10-31-63)106-92-59-67(104-86-46-23-16-36-72(86)73-37-17-24-47-87(73)104)51-52-84(92)102-85-53-55-91-96(99(85)107-94-61-68(60-93(106)97(94)102)105-88-48-25-18-38-74(88)75-39-19-26-49-89(75)105)79-56-64(50-54-90(79)103(91)66-32-11-6-12-33-66)69-41-27-45-83-95(69)76-40-15-22-44-82(76)101(83)80-42-20-13-34-70(80)71-35-14-21-43-81(71)101/h4-61H,1-3H3/i16D,17D,18D,19D,23D,24D,25D,26D,36D,37D,38D,39D,46D,47D,48D,49D. The maximum atomic E-state index is 10.1. The third-order valence-corrected chi connectivity index (χ3v) is 24.1. The maximum Gasteiger partial charge on any atom is 0.249 e. The lowest BCUT2D eigenvalue weighted by molar-refractivity contribution is 0.591. The summed E-state index contributed by atoms with van der Waals surface area (Å²) in [5, 5.41) is 1.48. The fourth-order valence-electron chi connectivity index (χ4n) is 18.5. The van der Waals surface area contributed by atoms with Crippen LogP contribution in [0.4, 0.5) is 17.1 Å². The van der Waals surface area contributed by atoms with Crippen molar-refractivity contribution in [3.05, 3.63) is 379 Å². The second-order valence-electron chi connectivity index (χ2n) is 29.4. The summed E-state index contributed by atoms with van der Waals surface area (Å²) in [4.78, 5) is 3.77. The Hall–Kier alpha value is -12.9. The number of benzene rings is 16. The molecule has 107 heavy (non-hydrogen) atoms. The number of rotatable bonds is 7. The van der Waals surface area contributed by atoms with Crippen LogP contribution in [0.5, 0.6) is 0 Å². The van der Waals surface area contributed by atoms with Crippen LogP contribution in [0.2, 0.25) is 0 Å². The molecule has 2 aliphatic heterocycles. The predicted molar refractivity (Wildman–Crippen MR) is 451 cm³/mol. The van der Waals surface area contributed by atoms with E-state index in [4.69, 9.17) is 2.74 Å². The average Bonchev–Trinajstić information content (AvgIpc) is 1.52. The smallest absolute Gasteiger partial charge is 0.249 e. The lowest BCUT2D eigenvalue weighted by Gasteiger charge is -2.42. The molecule has 0 atom stereocenters. The molecular weight excluding hydrogens is 1310 g/mol. The first kappa shape index (κ1) is 46.8. The Morgan fingerprint density at radius 2 is 0.822 bits per heavy atom. The first-order chi connectivity index (χ1) is 59.4. The van der Waals surface area contributed by atoms with Gasteiger partial charge in [0.15, 0.2) is 0 Å². The van der Waals surface area contributed by atoms with Crippen molar-refractivity contribution in [3.63, 3.8) is 0 Å². The SMILES string of the molecule is [2H]c1c([2H])c([2H])c2c(c1[2H])c1c([2H])c([2H])c([2H])c([2H])c1n2-c1ccc2c(c1)N(c1c(-c3ccccc3)cc(C(C)(C)C)cc1-c1ccccc1)c1cc(-n3c4c([2H])c([2H])c([2H])c([2H])c4c4c([2H])c([2H])c([2H])c([2H])c43)cc3c1B2c1ccc2c(c1S3)c1cc(-c3cccc4c3-c3ccccc3C43c4ccccc4-c4ccccc43)ccc1n2-c1ccccc1. The first-order valence-corrected chi connectivity index (χ1v) is 36.9. The molecule has 4 aliphatic rings. The summed E-state index contributed by atoms with van der Waals surface area (Å²) in [6.07, 6.45) is 0. The molecule has 3 aromatic heterocycles. The number of fused-ring (bicyclic) bond motifs is 24. The van der Waals surface area contributed by atoms with Gasteiger partial charge in [-0.15, -0.1) is 0 Å². The summed E-state index contributed by atoms with van der Waals surface area (Å²) in [5.74, 6) is 0. The van der Waals surface area contributed by atoms with Gasteiger partial charge in [-0.2, -0.15) is 0 Å². The first-order valence-electron chi connectivity index (χ1n) is 44.1. The van der Waals surface area contributed by atoms with E-state index in [0.717, 1.165) is 98.8 Å². The van der Waals surface area contributed by atoms with Gasteiger partial charge in [0.25, 0.3) is 0 Å². The van der Waals surface area contributed by atoms with Gasteiger partial charge in [0.05, 0.1) is 66.1 Å². The lowest BCUT2D eigenvalue weighted by Crippen LogP contribution is -2.60. The lowest BCUT2D eigenvalue weighted by atomic mass is 9.34. The molecule has 19 aromatic rings. The zero-order valence-electron chi connectivity index (χ0n) is 74.0. The molecule has 0 saturated carbocycles. The van der Waals surface area contributed by atoms with Crippen molar-refractivity contribution in [2.45, 2.75) is 41.4 Å². The van der Waals surface area contributed by atoms with Gasteiger partial charge in [-0.3, -0.25) is 0 Å². The van der Waals surface area contributed by atoms with Crippen molar-refractivity contribution in [2.75, 3.05) is 4.90 Å². The molecule has 0 amide bonds. The highest BCUT2D eigenvalue weighted by Crippen LogP contribution is 2.64. The Bertz CT molecular complexity index is 7790. The maximum absolute atomic E-state index is 10.1. The third kappa shape index (κ3) is 8.42. The molecule has 6 heteroatoms. The van der Waals surface area contributed by atoms with Gasteiger partial charge in [-0.05, 0) is 180 Å². The number of para-hydroxylation sites is 5. The van der Waals surface area contributed by atoms with Gasteiger partial charge in [0, 0.05) is 81.7 Å². The molecule has 0 radical (unpaired) electrons. The zero-order chi connectivity index (χ0) is 84.5. The van der Waals surface area contributed by atoms with Crippen molar-refractivity contribution >= 4 is 117 Å². The van der Waals surface area contributed by atoms with E-state index in [9.17, 15) is 19.2 Å². The van der Waals surface area contributed by atoms with E-state index >= 15 is 0 Å². The van der Waals surface area contributed by atoms with Crippen LogP contribution in [0.15, 0.2) is 361 Å². The normalized spacial score (nSPS) is 15.7.